The van der Waals surface area contributed by atoms with Crippen molar-refractivity contribution in [3.8, 4) is 0 Å². The van der Waals surface area contributed by atoms with Gasteiger partial charge in [-0.2, -0.15) is 18.3 Å². The van der Waals surface area contributed by atoms with Crippen molar-refractivity contribution in [2.45, 2.75) is 25.6 Å². The van der Waals surface area contributed by atoms with Crippen LogP contribution >= 0.6 is 0 Å². The van der Waals surface area contributed by atoms with E-state index in [2.05, 4.69) is 20.1 Å². The van der Waals surface area contributed by atoms with Crippen LogP contribution in [0.15, 0.2) is 30.9 Å². The van der Waals surface area contributed by atoms with Crippen LogP contribution in [0.1, 0.15) is 12.0 Å². The summed E-state index contributed by atoms with van der Waals surface area (Å²) in [6, 6.07) is 1.42. The van der Waals surface area contributed by atoms with Gasteiger partial charge < -0.3 is 9.80 Å². The van der Waals surface area contributed by atoms with Crippen LogP contribution in [-0.4, -0.2) is 57.3 Å². The third-order valence-electron chi connectivity index (χ3n) is 6.21. The molecule has 0 N–H and O–H groups in total. The molecule has 0 aliphatic carbocycles. The molecule has 0 unspecified atom stereocenters. The number of hydrogen-bond donors (Lipinski definition) is 0. The monoisotopic (exact) mass is 453 g/mol. The van der Waals surface area contributed by atoms with E-state index in [1.165, 1.54) is 18.5 Å². The second-order valence-corrected chi connectivity index (χ2v) is 8.21. The van der Waals surface area contributed by atoms with Crippen LogP contribution in [0.25, 0.3) is 11.2 Å². The lowest BCUT2D eigenvalue weighted by molar-refractivity contribution is -0.137. The molecule has 5 heterocycles. The third kappa shape index (κ3) is 3.82. The lowest BCUT2D eigenvalue weighted by Crippen LogP contribution is -2.40. The Bertz CT molecular complexity index is 1120. The van der Waals surface area contributed by atoms with E-state index in [0.717, 1.165) is 17.3 Å². The fourth-order valence-corrected chi connectivity index (χ4v) is 4.71. The maximum Gasteiger partial charge on any atom is 0.419 e. The van der Waals surface area contributed by atoms with Gasteiger partial charge in [-0.3, -0.25) is 4.98 Å². The molecule has 12 heteroatoms. The van der Waals surface area contributed by atoms with E-state index in [0.29, 0.717) is 49.1 Å². The van der Waals surface area contributed by atoms with Crippen LogP contribution < -0.4 is 9.80 Å². The molecule has 3 aromatic heterocycles. The number of halogens is 5. The van der Waals surface area contributed by atoms with E-state index in [4.69, 9.17) is 0 Å². The van der Waals surface area contributed by atoms with Gasteiger partial charge in [0.05, 0.1) is 23.6 Å². The molecule has 0 spiro atoms. The predicted molar refractivity (Wildman–Crippen MR) is 107 cm³/mol. The summed E-state index contributed by atoms with van der Waals surface area (Å²) >= 11 is 0. The van der Waals surface area contributed by atoms with Crippen molar-refractivity contribution in [3.05, 3.63) is 36.4 Å². The minimum absolute atomic E-state index is 0.154. The summed E-state index contributed by atoms with van der Waals surface area (Å²) in [5.74, 6) is 1.03. The summed E-state index contributed by atoms with van der Waals surface area (Å²) in [6.45, 7) is 1.76. The fourth-order valence-electron chi connectivity index (χ4n) is 4.71. The first-order valence-electron chi connectivity index (χ1n) is 10.3. The van der Waals surface area contributed by atoms with Crippen LogP contribution in [0.3, 0.4) is 0 Å². The van der Waals surface area contributed by atoms with Crippen molar-refractivity contribution in [3.63, 3.8) is 0 Å². The number of fused-ring (bicyclic) bond motifs is 2. The molecule has 2 aliphatic heterocycles. The first-order chi connectivity index (χ1) is 15.3. The number of aromatic nitrogens is 5. The molecule has 3 aromatic rings. The van der Waals surface area contributed by atoms with Crippen molar-refractivity contribution >= 4 is 22.7 Å². The Morgan fingerprint density at radius 3 is 2.59 bits per heavy atom. The quantitative estimate of drug-likeness (QED) is 0.564. The topological polar surface area (TPSA) is 63.0 Å². The normalized spacial score (nSPS) is 21.6. The molecular weight excluding hydrogens is 433 g/mol. The summed E-state index contributed by atoms with van der Waals surface area (Å²) in [5.41, 5.74) is 0.166. The number of nitrogens with zero attached hydrogens (tertiary/aromatic N) is 7. The number of piperidine rings is 1. The zero-order valence-electron chi connectivity index (χ0n) is 16.9. The smallest absolute Gasteiger partial charge is 0.371 e. The summed E-state index contributed by atoms with van der Waals surface area (Å²) in [5, 5.41) is 3.94. The molecule has 2 saturated heterocycles. The van der Waals surface area contributed by atoms with Gasteiger partial charge in [0.15, 0.2) is 5.65 Å². The SMILES string of the molecule is FC(F)Cn1ncc2ncc(N3C[C@H]4CCN(c5ccncc5C(F)(F)F)C[C@H]4C3)nc21. The summed E-state index contributed by atoms with van der Waals surface area (Å²) in [6.07, 6.45) is -1.02. The van der Waals surface area contributed by atoms with Gasteiger partial charge in [0.25, 0.3) is 6.43 Å². The number of anilines is 2. The van der Waals surface area contributed by atoms with Gasteiger partial charge in [-0.15, -0.1) is 0 Å². The zero-order valence-corrected chi connectivity index (χ0v) is 16.9. The van der Waals surface area contributed by atoms with Crippen molar-refractivity contribution < 1.29 is 22.0 Å². The Labute approximate surface area is 179 Å². The molecular formula is C20H20F5N7. The van der Waals surface area contributed by atoms with E-state index >= 15 is 0 Å². The molecule has 7 nitrogen and oxygen atoms in total. The van der Waals surface area contributed by atoms with Gasteiger partial charge in [0.1, 0.15) is 17.9 Å². The van der Waals surface area contributed by atoms with Crippen LogP contribution in [0, 0.1) is 11.8 Å². The lowest BCUT2D eigenvalue weighted by Gasteiger charge is -2.36. The number of rotatable bonds is 4. The minimum atomic E-state index is -4.46. The van der Waals surface area contributed by atoms with Gasteiger partial charge >= 0.3 is 6.18 Å². The molecule has 2 atom stereocenters. The van der Waals surface area contributed by atoms with Gasteiger partial charge in [0, 0.05) is 38.6 Å². The van der Waals surface area contributed by atoms with Crippen LogP contribution in [0.4, 0.5) is 33.5 Å². The molecule has 170 valence electrons. The largest absolute Gasteiger partial charge is 0.419 e. The van der Waals surface area contributed by atoms with E-state index in [9.17, 15) is 22.0 Å². The van der Waals surface area contributed by atoms with Gasteiger partial charge in [-0.1, -0.05) is 0 Å². The van der Waals surface area contributed by atoms with E-state index < -0.39 is 24.7 Å². The van der Waals surface area contributed by atoms with Gasteiger partial charge in [-0.05, 0) is 24.3 Å². The van der Waals surface area contributed by atoms with E-state index in [1.54, 1.807) is 11.1 Å². The fraction of sp³-hybridized carbons (Fsp3) is 0.500. The molecule has 32 heavy (non-hydrogen) atoms. The van der Waals surface area contributed by atoms with Crippen LogP contribution in [0.5, 0.6) is 0 Å². The highest BCUT2D eigenvalue weighted by atomic mass is 19.4. The second kappa shape index (κ2) is 7.82. The van der Waals surface area contributed by atoms with Gasteiger partial charge in [-0.25, -0.2) is 23.4 Å². The van der Waals surface area contributed by atoms with Crippen molar-refractivity contribution in [1.29, 1.82) is 0 Å². The lowest BCUT2D eigenvalue weighted by atomic mass is 9.88. The van der Waals surface area contributed by atoms with E-state index in [-0.39, 0.29) is 11.6 Å². The molecule has 0 saturated carbocycles. The maximum absolute atomic E-state index is 13.4. The number of alkyl halides is 5. The Morgan fingerprint density at radius 1 is 1.03 bits per heavy atom. The Balaban J connectivity index is 1.35. The van der Waals surface area contributed by atoms with Crippen molar-refractivity contribution in [2.24, 2.45) is 11.8 Å². The second-order valence-electron chi connectivity index (χ2n) is 8.21. The summed E-state index contributed by atoms with van der Waals surface area (Å²) in [7, 11) is 0. The minimum Gasteiger partial charge on any atom is -0.371 e. The molecule has 2 aliphatic rings. The molecule has 0 bridgehead atoms. The Morgan fingerprint density at radius 2 is 1.81 bits per heavy atom. The van der Waals surface area contributed by atoms with Crippen molar-refractivity contribution in [1.82, 2.24) is 24.7 Å². The molecule has 0 amide bonds. The maximum atomic E-state index is 13.4. The van der Waals surface area contributed by atoms with Gasteiger partial charge in [0.2, 0.25) is 0 Å². The number of pyridine rings is 1. The average Bonchev–Trinajstić information content (AvgIpc) is 3.36. The Hall–Kier alpha value is -3.05. The summed E-state index contributed by atoms with van der Waals surface area (Å²) in [4.78, 5) is 16.3. The van der Waals surface area contributed by atoms with Crippen molar-refractivity contribution in [2.75, 3.05) is 36.0 Å². The summed E-state index contributed by atoms with van der Waals surface area (Å²) < 4.78 is 67.0. The molecule has 2 fully saturated rings. The highest BCUT2D eigenvalue weighted by molar-refractivity contribution is 5.71. The number of hydrogen-bond acceptors (Lipinski definition) is 6. The first-order valence-corrected chi connectivity index (χ1v) is 10.3. The highest BCUT2D eigenvalue weighted by Crippen LogP contribution is 2.40. The van der Waals surface area contributed by atoms with E-state index in [1.807, 2.05) is 4.90 Å². The van der Waals surface area contributed by atoms with Crippen LogP contribution in [0.2, 0.25) is 0 Å². The van der Waals surface area contributed by atoms with Crippen LogP contribution in [-0.2, 0) is 12.7 Å². The molecule has 0 aromatic carbocycles. The average molecular weight is 453 g/mol. The Kier molecular flexibility index (Phi) is 5.09. The predicted octanol–water partition coefficient (Wildman–Crippen LogP) is 3.47. The standard InChI is InChI=1S/C20H20F5N7/c21-17(22)11-32-19-15(6-28-32)27-7-18(29-19)31-8-12-2-4-30(9-13(12)10-31)16-1-3-26-5-14(16)20(23,24)25/h1,3,5-7,12-13,17H,2,4,8-11H2/t12-,13+/m1/s1. The third-order valence-corrected chi connectivity index (χ3v) is 6.21. The molecule has 5 rings (SSSR count). The molecule has 0 radical (unpaired) electrons. The highest BCUT2D eigenvalue weighted by Gasteiger charge is 2.41. The first kappa shape index (κ1) is 20.8. The zero-order chi connectivity index (χ0) is 22.5.